The summed E-state index contributed by atoms with van der Waals surface area (Å²) in [6.07, 6.45) is 5.20. The van der Waals surface area contributed by atoms with Gasteiger partial charge < -0.3 is 5.32 Å². The van der Waals surface area contributed by atoms with Gasteiger partial charge in [0.1, 0.15) is 17.0 Å². The van der Waals surface area contributed by atoms with Crippen LogP contribution in [0.15, 0.2) is 61.1 Å². The van der Waals surface area contributed by atoms with Gasteiger partial charge in [0.25, 0.3) is 0 Å². The maximum atomic E-state index is 4.47. The first kappa shape index (κ1) is 14.3. The van der Waals surface area contributed by atoms with Gasteiger partial charge in [0, 0.05) is 12.4 Å². The van der Waals surface area contributed by atoms with Crippen LogP contribution in [0.4, 0.5) is 5.82 Å². The minimum Gasteiger partial charge on any atom is -0.362 e. The van der Waals surface area contributed by atoms with Crippen LogP contribution in [-0.4, -0.2) is 29.9 Å². The Morgan fingerprint density at radius 2 is 1.83 bits per heavy atom. The van der Waals surface area contributed by atoms with Crippen LogP contribution in [0.1, 0.15) is 18.7 Å². The van der Waals surface area contributed by atoms with Gasteiger partial charge in [-0.3, -0.25) is 4.98 Å². The molecule has 0 saturated heterocycles. The van der Waals surface area contributed by atoms with Crippen molar-refractivity contribution < 1.29 is 0 Å². The summed E-state index contributed by atoms with van der Waals surface area (Å²) in [5.74, 6) is 0.727. The molecular formula is C17H15N7. The van der Waals surface area contributed by atoms with Gasteiger partial charge in [0.2, 0.25) is 0 Å². The number of para-hydroxylation sites is 1. The third-order valence-corrected chi connectivity index (χ3v) is 3.67. The summed E-state index contributed by atoms with van der Waals surface area (Å²) in [6.45, 7) is 2.02. The molecule has 118 valence electrons. The van der Waals surface area contributed by atoms with E-state index in [1.54, 1.807) is 17.1 Å². The first-order valence-corrected chi connectivity index (χ1v) is 7.61. The van der Waals surface area contributed by atoms with Gasteiger partial charge in [-0.05, 0) is 31.2 Å². The molecule has 0 aliphatic rings. The molecule has 1 N–H and O–H groups in total. The third kappa shape index (κ3) is 2.79. The SMILES string of the molecule is CC(Nc1ccc2nccnc2n1)c1cn(-c2ccccc2)nn1. The lowest BCUT2D eigenvalue weighted by atomic mass is 10.2. The fourth-order valence-corrected chi connectivity index (χ4v) is 2.41. The summed E-state index contributed by atoms with van der Waals surface area (Å²) in [5, 5.41) is 11.7. The highest BCUT2D eigenvalue weighted by atomic mass is 15.4. The fourth-order valence-electron chi connectivity index (χ4n) is 2.41. The lowest BCUT2D eigenvalue weighted by Crippen LogP contribution is -2.08. The number of benzene rings is 1. The minimum atomic E-state index is -0.0379. The van der Waals surface area contributed by atoms with Crippen molar-refractivity contribution in [2.45, 2.75) is 13.0 Å². The summed E-state index contributed by atoms with van der Waals surface area (Å²) in [6, 6.07) is 13.6. The number of hydrogen-bond donors (Lipinski definition) is 1. The van der Waals surface area contributed by atoms with Gasteiger partial charge in [-0.25, -0.2) is 14.6 Å². The first-order chi connectivity index (χ1) is 11.8. The van der Waals surface area contributed by atoms with E-state index < -0.39 is 0 Å². The molecule has 0 bridgehead atoms. The van der Waals surface area contributed by atoms with E-state index in [4.69, 9.17) is 0 Å². The lowest BCUT2D eigenvalue weighted by Gasteiger charge is -2.11. The van der Waals surface area contributed by atoms with Crippen LogP contribution in [0.5, 0.6) is 0 Å². The van der Waals surface area contributed by atoms with Gasteiger partial charge in [0.05, 0.1) is 17.9 Å². The van der Waals surface area contributed by atoms with Gasteiger partial charge in [-0.15, -0.1) is 5.10 Å². The second-order valence-corrected chi connectivity index (χ2v) is 5.39. The molecule has 0 aliphatic heterocycles. The van der Waals surface area contributed by atoms with Gasteiger partial charge in [0.15, 0.2) is 5.65 Å². The minimum absolute atomic E-state index is 0.0379. The fraction of sp³-hybridized carbons (Fsp3) is 0.118. The molecule has 0 amide bonds. The van der Waals surface area contributed by atoms with Crippen LogP contribution in [0.2, 0.25) is 0 Å². The Balaban J connectivity index is 1.55. The smallest absolute Gasteiger partial charge is 0.180 e. The second-order valence-electron chi connectivity index (χ2n) is 5.39. The lowest BCUT2D eigenvalue weighted by molar-refractivity contribution is 0.780. The largest absolute Gasteiger partial charge is 0.362 e. The Labute approximate surface area is 138 Å². The van der Waals surface area contributed by atoms with Crippen molar-refractivity contribution in [3.8, 4) is 5.69 Å². The molecule has 0 spiro atoms. The van der Waals surface area contributed by atoms with Crippen LogP contribution in [0, 0.1) is 0 Å². The van der Waals surface area contributed by atoms with Crippen LogP contribution >= 0.6 is 0 Å². The Hall–Kier alpha value is -3.35. The highest BCUT2D eigenvalue weighted by molar-refractivity contribution is 5.71. The molecule has 0 aliphatic carbocycles. The van der Waals surface area contributed by atoms with E-state index in [-0.39, 0.29) is 6.04 Å². The van der Waals surface area contributed by atoms with Crippen molar-refractivity contribution >= 4 is 17.0 Å². The average molecular weight is 317 g/mol. The van der Waals surface area contributed by atoms with Crippen LogP contribution < -0.4 is 5.32 Å². The van der Waals surface area contributed by atoms with E-state index in [1.807, 2.05) is 55.6 Å². The molecular weight excluding hydrogens is 302 g/mol. The summed E-state index contributed by atoms with van der Waals surface area (Å²) >= 11 is 0. The zero-order chi connectivity index (χ0) is 16.4. The Bertz CT molecular complexity index is 965. The van der Waals surface area contributed by atoms with Crippen molar-refractivity contribution in [3.05, 3.63) is 66.7 Å². The third-order valence-electron chi connectivity index (χ3n) is 3.67. The molecule has 3 heterocycles. The topological polar surface area (TPSA) is 81.4 Å². The van der Waals surface area contributed by atoms with Crippen molar-refractivity contribution in [1.82, 2.24) is 29.9 Å². The van der Waals surface area contributed by atoms with E-state index in [9.17, 15) is 0 Å². The molecule has 1 atom stereocenters. The molecule has 0 saturated carbocycles. The summed E-state index contributed by atoms with van der Waals surface area (Å²) in [5.41, 5.74) is 3.19. The highest BCUT2D eigenvalue weighted by Crippen LogP contribution is 2.18. The van der Waals surface area contributed by atoms with E-state index in [0.29, 0.717) is 5.65 Å². The van der Waals surface area contributed by atoms with Gasteiger partial charge in [-0.2, -0.15) is 0 Å². The van der Waals surface area contributed by atoms with Crippen molar-refractivity contribution in [1.29, 1.82) is 0 Å². The predicted molar refractivity (Wildman–Crippen MR) is 90.7 cm³/mol. The zero-order valence-electron chi connectivity index (χ0n) is 13.0. The quantitative estimate of drug-likeness (QED) is 0.623. The molecule has 7 nitrogen and oxygen atoms in total. The molecule has 24 heavy (non-hydrogen) atoms. The monoisotopic (exact) mass is 317 g/mol. The van der Waals surface area contributed by atoms with Crippen LogP contribution in [0.3, 0.4) is 0 Å². The molecule has 1 aromatic carbocycles. The molecule has 4 aromatic rings. The van der Waals surface area contributed by atoms with Gasteiger partial charge >= 0.3 is 0 Å². The number of nitrogens with zero attached hydrogens (tertiary/aromatic N) is 6. The van der Waals surface area contributed by atoms with E-state index in [2.05, 4.69) is 30.6 Å². The summed E-state index contributed by atoms with van der Waals surface area (Å²) < 4.78 is 1.76. The number of hydrogen-bond acceptors (Lipinski definition) is 6. The zero-order valence-corrected chi connectivity index (χ0v) is 13.0. The molecule has 4 rings (SSSR count). The molecule has 0 fully saturated rings. The highest BCUT2D eigenvalue weighted by Gasteiger charge is 2.12. The second kappa shape index (κ2) is 6.04. The molecule has 3 aromatic heterocycles. The van der Waals surface area contributed by atoms with E-state index in [1.165, 1.54) is 0 Å². The van der Waals surface area contributed by atoms with Crippen molar-refractivity contribution in [2.24, 2.45) is 0 Å². The predicted octanol–water partition coefficient (Wildman–Crippen LogP) is 2.78. The van der Waals surface area contributed by atoms with Crippen LogP contribution in [0.25, 0.3) is 16.9 Å². The Morgan fingerprint density at radius 1 is 1.00 bits per heavy atom. The Morgan fingerprint density at radius 3 is 2.71 bits per heavy atom. The Kier molecular flexibility index (Phi) is 3.59. The summed E-state index contributed by atoms with van der Waals surface area (Å²) in [7, 11) is 0. The average Bonchev–Trinajstić information content (AvgIpc) is 3.13. The number of pyridine rings is 1. The summed E-state index contributed by atoms with van der Waals surface area (Å²) in [4.78, 5) is 12.9. The van der Waals surface area contributed by atoms with Gasteiger partial charge in [-0.1, -0.05) is 23.4 Å². The number of rotatable bonds is 4. The van der Waals surface area contributed by atoms with Crippen LogP contribution in [-0.2, 0) is 0 Å². The van der Waals surface area contributed by atoms with Crippen molar-refractivity contribution in [2.75, 3.05) is 5.32 Å². The molecule has 0 radical (unpaired) electrons. The van der Waals surface area contributed by atoms with E-state index in [0.717, 1.165) is 22.7 Å². The maximum absolute atomic E-state index is 4.47. The molecule has 7 heteroatoms. The number of aromatic nitrogens is 6. The molecule has 1 unspecified atom stereocenters. The van der Waals surface area contributed by atoms with Crippen molar-refractivity contribution in [3.63, 3.8) is 0 Å². The van der Waals surface area contributed by atoms with E-state index >= 15 is 0 Å². The maximum Gasteiger partial charge on any atom is 0.180 e. The normalized spacial score (nSPS) is 12.2. The number of nitrogens with one attached hydrogen (secondary N) is 1. The number of fused-ring (bicyclic) bond motifs is 1. The first-order valence-electron chi connectivity index (χ1n) is 7.61. The number of anilines is 1. The standard InChI is InChI=1S/C17H15N7/c1-12(15-11-24(23-22-15)13-5-3-2-4-6-13)20-16-8-7-14-17(21-16)19-10-9-18-14/h2-12H,1H3,(H,19,20,21).